The number of carbonyl (C=O) groups is 1. The number of benzene rings is 1. The standard InChI is InChI=1S/C25H22Cl2FN5O2/c1-14(22-20(26)2-3-21(28)23(22)27)8-16-11-30-24-19(16)9-15(10-29-24)17-12-31-33(13-17)18-4-6-32(7-5-18)25(34)35/h2-3,8-13,18H,4-7H2,1H3,(H,29,30)(H,34,35)/b14-8+. The van der Waals surface area contributed by atoms with Crippen LogP contribution in [0, 0.1) is 5.82 Å². The third kappa shape index (κ3) is 4.51. The number of hydrogen-bond acceptors (Lipinski definition) is 3. The third-order valence-corrected chi connectivity index (χ3v) is 7.10. The number of nitrogens with zero attached hydrogens (tertiary/aromatic N) is 4. The van der Waals surface area contributed by atoms with E-state index < -0.39 is 11.9 Å². The van der Waals surface area contributed by atoms with E-state index in [4.69, 9.17) is 28.3 Å². The molecule has 0 saturated carbocycles. The summed E-state index contributed by atoms with van der Waals surface area (Å²) < 4.78 is 15.9. The van der Waals surface area contributed by atoms with Gasteiger partial charge in [0.15, 0.2) is 0 Å². The summed E-state index contributed by atoms with van der Waals surface area (Å²) in [7, 11) is 0. The first-order chi connectivity index (χ1) is 16.8. The molecule has 4 heterocycles. The number of fused-ring (bicyclic) bond motifs is 1. The Kier molecular flexibility index (Phi) is 6.25. The highest BCUT2D eigenvalue weighted by atomic mass is 35.5. The number of H-pyrrole nitrogens is 1. The number of piperidine rings is 1. The molecule has 1 aromatic carbocycles. The number of aromatic amines is 1. The van der Waals surface area contributed by atoms with Gasteiger partial charge >= 0.3 is 6.09 Å². The van der Waals surface area contributed by atoms with E-state index in [2.05, 4.69) is 15.1 Å². The van der Waals surface area contributed by atoms with Crippen molar-refractivity contribution < 1.29 is 14.3 Å². The van der Waals surface area contributed by atoms with Gasteiger partial charge in [0, 0.05) is 64.3 Å². The molecule has 7 nitrogen and oxygen atoms in total. The first kappa shape index (κ1) is 23.4. The summed E-state index contributed by atoms with van der Waals surface area (Å²) >= 11 is 12.5. The van der Waals surface area contributed by atoms with Crippen molar-refractivity contribution in [3.63, 3.8) is 0 Å². The topological polar surface area (TPSA) is 87.0 Å². The van der Waals surface area contributed by atoms with E-state index in [9.17, 15) is 9.18 Å². The number of allylic oxidation sites excluding steroid dienone is 1. The molecule has 0 spiro atoms. The van der Waals surface area contributed by atoms with Crippen LogP contribution < -0.4 is 0 Å². The quantitative estimate of drug-likeness (QED) is 0.295. The smallest absolute Gasteiger partial charge is 0.407 e. The fourth-order valence-electron chi connectivity index (χ4n) is 4.50. The predicted molar refractivity (Wildman–Crippen MR) is 135 cm³/mol. The summed E-state index contributed by atoms with van der Waals surface area (Å²) in [4.78, 5) is 20.3. The van der Waals surface area contributed by atoms with Crippen LogP contribution in [0.15, 0.2) is 43.0 Å². The van der Waals surface area contributed by atoms with E-state index in [-0.39, 0.29) is 11.1 Å². The van der Waals surface area contributed by atoms with Crippen molar-refractivity contribution in [2.45, 2.75) is 25.8 Å². The average Bonchev–Trinajstić information content (AvgIpc) is 3.49. The number of halogens is 3. The minimum atomic E-state index is -0.877. The van der Waals surface area contributed by atoms with Crippen molar-refractivity contribution in [1.82, 2.24) is 24.6 Å². The Hall–Kier alpha value is -3.36. The molecule has 1 saturated heterocycles. The lowest BCUT2D eigenvalue weighted by Gasteiger charge is -2.30. The van der Waals surface area contributed by atoms with Gasteiger partial charge in [-0.25, -0.2) is 14.2 Å². The largest absolute Gasteiger partial charge is 0.465 e. The summed E-state index contributed by atoms with van der Waals surface area (Å²) in [6.45, 7) is 2.84. The van der Waals surface area contributed by atoms with Crippen LogP contribution in [0.25, 0.3) is 33.8 Å². The Bertz CT molecular complexity index is 1450. The van der Waals surface area contributed by atoms with Gasteiger partial charge in [0.2, 0.25) is 0 Å². The number of aromatic nitrogens is 4. The SMILES string of the molecule is C/C(=C\c1c[nH]c2ncc(-c3cnn(C4CCN(C(=O)O)CC4)c3)cc12)c1c(Cl)ccc(F)c1Cl. The minimum absolute atomic E-state index is 0.00786. The van der Waals surface area contributed by atoms with Gasteiger partial charge in [-0.1, -0.05) is 23.2 Å². The molecule has 180 valence electrons. The van der Waals surface area contributed by atoms with Crippen LogP contribution in [-0.4, -0.2) is 48.9 Å². The summed E-state index contributed by atoms with van der Waals surface area (Å²) in [5.41, 5.74) is 4.60. The number of pyridine rings is 1. The van der Waals surface area contributed by atoms with Gasteiger partial charge in [0.25, 0.3) is 0 Å². The van der Waals surface area contributed by atoms with E-state index >= 15 is 0 Å². The van der Waals surface area contributed by atoms with Crippen molar-refractivity contribution in [2.75, 3.05) is 13.1 Å². The Morgan fingerprint density at radius 3 is 2.74 bits per heavy atom. The fraction of sp³-hybridized carbons (Fsp3) is 0.240. The van der Waals surface area contributed by atoms with Gasteiger partial charge in [0.05, 0.1) is 17.3 Å². The molecule has 3 aromatic heterocycles. The predicted octanol–water partition coefficient (Wildman–Crippen LogP) is 6.75. The molecule has 0 aliphatic carbocycles. The molecule has 0 unspecified atom stereocenters. The second kappa shape index (κ2) is 9.36. The van der Waals surface area contributed by atoms with Crippen molar-refractivity contribution in [3.8, 4) is 11.1 Å². The second-order valence-corrected chi connectivity index (χ2v) is 9.40. The first-order valence-electron chi connectivity index (χ1n) is 11.1. The fourth-order valence-corrected chi connectivity index (χ4v) is 5.17. The number of rotatable bonds is 4. The van der Waals surface area contributed by atoms with Crippen LogP contribution >= 0.6 is 23.2 Å². The Balaban J connectivity index is 1.43. The van der Waals surface area contributed by atoms with Crippen molar-refractivity contribution in [1.29, 1.82) is 0 Å². The van der Waals surface area contributed by atoms with Crippen LogP contribution in [0.3, 0.4) is 0 Å². The van der Waals surface area contributed by atoms with Gasteiger partial charge in [-0.2, -0.15) is 5.10 Å². The van der Waals surface area contributed by atoms with Gasteiger partial charge in [0.1, 0.15) is 11.5 Å². The second-order valence-electron chi connectivity index (χ2n) is 8.62. The minimum Gasteiger partial charge on any atom is -0.465 e. The number of likely N-dealkylation sites (tertiary alicyclic amines) is 1. The zero-order valence-electron chi connectivity index (χ0n) is 18.8. The molecule has 4 aromatic rings. The van der Waals surface area contributed by atoms with Crippen molar-refractivity contribution >= 4 is 52.0 Å². The Morgan fingerprint density at radius 2 is 2.00 bits per heavy atom. The van der Waals surface area contributed by atoms with E-state index in [1.54, 1.807) is 12.4 Å². The molecule has 1 amide bonds. The molecular formula is C25H22Cl2FN5O2. The number of hydrogen-bond donors (Lipinski definition) is 2. The molecule has 0 radical (unpaired) electrons. The molecule has 10 heteroatoms. The first-order valence-corrected chi connectivity index (χ1v) is 11.9. The lowest BCUT2D eigenvalue weighted by Crippen LogP contribution is -2.38. The molecule has 1 aliphatic heterocycles. The summed E-state index contributed by atoms with van der Waals surface area (Å²) in [5.74, 6) is -0.521. The molecule has 2 N–H and O–H groups in total. The lowest BCUT2D eigenvalue weighted by atomic mass is 10.0. The summed E-state index contributed by atoms with van der Waals surface area (Å²) in [6.07, 6.45) is 9.87. The highest BCUT2D eigenvalue weighted by Gasteiger charge is 2.24. The Labute approximate surface area is 210 Å². The van der Waals surface area contributed by atoms with Crippen LogP contribution in [-0.2, 0) is 0 Å². The molecule has 0 atom stereocenters. The number of carboxylic acid groups (broad SMARTS) is 1. The van der Waals surface area contributed by atoms with Gasteiger partial charge < -0.3 is 15.0 Å². The van der Waals surface area contributed by atoms with Crippen molar-refractivity contribution in [3.05, 3.63) is 70.0 Å². The molecule has 0 bridgehead atoms. The summed E-state index contributed by atoms with van der Waals surface area (Å²) in [6, 6.07) is 4.93. The van der Waals surface area contributed by atoms with Crippen LogP contribution in [0.2, 0.25) is 10.0 Å². The summed E-state index contributed by atoms with van der Waals surface area (Å²) in [5, 5.41) is 15.0. The van der Waals surface area contributed by atoms with Gasteiger partial charge in [-0.15, -0.1) is 0 Å². The maximum Gasteiger partial charge on any atom is 0.407 e. The van der Waals surface area contributed by atoms with Crippen molar-refractivity contribution in [2.24, 2.45) is 0 Å². The molecular weight excluding hydrogens is 492 g/mol. The van der Waals surface area contributed by atoms with Crippen LogP contribution in [0.4, 0.5) is 9.18 Å². The third-order valence-electron chi connectivity index (χ3n) is 6.42. The highest BCUT2D eigenvalue weighted by Crippen LogP contribution is 2.35. The zero-order valence-corrected chi connectivity index (χ0v) is 20.3. The highest BCUT2D eigenvalue weighted by molar-refractivity contribution is 6.38. The molecule has 35 heavy (non-hydrogen) atoms. The van der Waals surface area contributed by atoms with Gasteiger partial charge in [-0.3, -0.25) is 4.68 Å². The number of nitrogens with one attached hydrogen (secondary N) is 1. The normalized spacial score (nSPS) is 15.2. The van der Waals surface area contributed by atoms with E-state index in [1.807, 2.05) is 36.1 Å². The molecule has 1 fully saturated rings. The maximum atomic E-state index is 14.0. The molecule has 5 rings (SSSR count). The van der Waals surface area contributed by atoms with Crippen LogP contribution in [0.1, 0.15) is 36.9 Å². The maximum absolute atomic E-state index is 14.0. The number of amides is 1. The average molecular weight is 514 g/mol. The van der Waals surface area contributed by atoms with E-state index in [0.717, 1.165) is 46.1 Å². The monoisotopic (exact) mass is 513 g/mol. The van der Waals surface area contributed by atoms with Gasteiger partial charge in [-0.05, 0) is 49.6 Å². The zero-order chi connectivity index (χ0) is 24.7. The lowest BCUT2D eigenvalue weighted by molar-refractivity contribution is 0.124. The van der Waals surface area contributed by atoms with E-state index in [1.165, 1.54) is 17.0 Å². The van der Waals surface area contributed by atoms with Crippen LogP contribution in [0.5, 0.6) is 0 Å². The van der Waals surface area contributed by atoms with E-state index in [0.29, 0.717) is 23.7 Å². The molecule has 1 aliphatic rings. The Morgan fingerprint density at radius 1 is 1.23 bits per heavy atom.